The van der Waals surface area contributed by atoms with Gasteiger partial charge in [-0.1, -0.05) is 25.4 Å². The molecule has 0 aliphatic heterocycles. The maximum Gasteiger partial charge on any atom is 0.117 e. The van der Waals surface area contributed by atoms with E-state index in [4.69, 9.17) is 11.6 Å². The molecule has 4 nitrogen and oxygen atoms in total. The first kappa shape index (κ1) is 14.5. The molecule has 1 aromatic rings. The Morgan fingerprint density at radius 1 is 1.59 bits per heavy atom. The van der Waals surface area contributed by atoms with Crippen LogP contribution in [0.1, 0.15) is 33.4 Å². The first-order valence-electron chi connectivity index (χ1n) is 6.03. The smallest absolute Gasteiger partial charge is 0.117 e. The maximum absolute atomic E-state index is 10.5. The van der Waals surface area contributed by atoms with Gasteiger partial charge in [-0.2, -0.15) is 5.10 Å². The third kappa shape index (κ3) is 3.69. The van der Waals surface area contributed by atoms with Crippen LogP contribution < -0.4 is 5.32 Å². The lowest BCUT2D eigenvalue weighted by Gasteiger charge is -2.25. The van der Waals surface area contributed by atoms with Gasteiger partial charge in [-0.05, 0) is 26.3 Å². The average molecular weight is 260 g/mol. The zero-order valence-electron chi connectivity index (χ0n) is 11.0. The summed E-state index contributed by atoms with van der Waals surface area (Å²) in [5, 5.41) is 18.4. The molecule has 1 aromatic heterocycles. The minimum absolute atomic E-state index is 0.469. The predicted octanol–water partition coefficient (Wildman–Crippen LogP) is 2.01. The molecule has 0 radical (unpaired) electrons. The Morgan fingerprint density at radius 2 is 2.24 bits per heavy atom. The van der Waals surface area contributed by atoms with Crippen molar-refractivity contribution in [3.05, 3.63) is 16.9 Å². The summed E-state index contributed by atoms with van der Waals surface area (Å²) >= 11 is 6.08. The van der Waals surface area contributed by atoms with Crippen LogP contribution in [0, 0.1) is 5.92 Å². The van der Waals surface area contributed by atoms with Crippen LogP contribution in [0.3, 0.4) is 0 Å². The van der Waals surface area contributed by atoms with E-state index in [1.54, 1.807) is 17.8 Å². The molecule has 1 atom stereocenters. The zero-order chi connectivity index (χ0) is 13.1. The summed E-state index contributed by atoms with van der Waals surface area (Å²) in [6, 6.07) is 0. The molecule has 0 aliphatic rings. The van der Waals surface area contributed by atoms with E-state index >= 15 is 0 Å². The molecule has 0 saturated heterocycles. The second-order valence-electron chi connectivity index (χ2n) is 4.96. The van der Waals surface area contributed by atoms with Crippen molar-refractivity contribution in [3.8, 4) is 0 Å². The highest BCUT2D eigenvalue weighted by Gasteiger charge is 2.29. The molecule has 17 heavy (non-hydrogen) atoms. The van der Waals surface area contributed by atoms with E-state index in [0.29, 0.717) is 29.7 Å². The van der Waals surface area contributed by atoms with Crippen molar-refractivity contribution < 1.29 is 5.11 Å². The van der Waals surface area contributed by atoms with Gasteiger partial charge in [0.2, 0.25) is 0 Å². The number of nitrogens with one attached hydrogen (secondary N) is 1. The minimum Gasteiger partial charge on any atom is -0.382 e. The zero-order valence-corrected chi connectivity index (χ0v) is 11.8. The van der Waals surface area contributed by atoms with Gasteiger partial charge in [-0.25, -0.2) is 0 Å². The molecule has 0 fully saturated rings. The molecule has 1 unspecified atom stereocenters. The van der Waals surface area contributed by atoms with Crippen molar-refractivity contribution >= 4 is 11.6 Å². The largest absolute Gasteiger partial charge is 0.382 e. The fourth-order valence-corrected chi connectivity index (χ4v) is 2.17. The molecule has 0 saturated carbocycles. The molecule has 1 rings (SSSR count). The van der Waals surface area contributed by atoms with Crippen LogP contribution in [-0.4, -0.2) is 28.0 Å². The lowest BCUT2D eigenvalue weighted by molar-refractivity contribution is 0.0472. The number of aryl methyl sites for hydroxylation is 1. The quantitative estimate of drug-likeness (QED) is 0.822. The van der Waals surface area contributed by atoms with Gasteiger partial charge in [-0.15, -0.1) is 0 Å². The van der Waals surface area contributed by atoms with E-state index in [-0.39, 0.29) is 0 Å². The predicted molar refractivity (Wildman–Crippen MR) is 70.2 cm³/mol. The van der Waals surface area contributed by atoms with Crippen molar-refractivity contribution in [3.63, 3.8) is 0 Å². The lowest BCUT2D eigenvalue weighted by atomic mass is 10.0. The first-order valence-corrected chi connectivity index (χ1v) is 6.41. The molecule has 0 spiro atoms. The Balaban J connectivity index is 2.77. The molecule has 0 aliphatic carbocycles. The highest BCUT2D eigenvalue weighted by molar-refractivity contribution is 6.31. The number of hydrogen-bond donors (Lipinski definition) is 2. The summed E-state index contributed by atoms with van der Waals surface area (Å²) in [4.78, 5) is 0. The molecule has 1 heterocycles. The molecular formula is C12H22ClN3O. The van der Waals surface area contributed by atoms with E-state index in [9.17, 15) is 5.11 Å². The van der Waals surface area contributed by atoms with Crippen molar-refractivity contribution in [2.75, 3.05) is 13.1 Å². The Labute approximate surface area is 108 Å². The van der Waals surface area contributed by atoms with E-state index in [1.807, 2.05) is 6.92 Å². The number of rotatable bonds is 6. The van der Waals surface area contributed by atoms with Crippen LogP contribution in [0.15, 0.2) is 6.20 Å². The van der Waals surface area contributed by atoms with Gasteiger partial charge in [0.05, 0.1) is 16.9 Å². The second-order valence-corrected chi connectivity index (χ2v) is 5.36. The fraction of sp³-hybridized carbons (Fsp3) is 0.750. The third-order valence-corrected chi connectivity index (χ3v) is 2.90. The van der Waals surface area contributed by atoms with Gasteiger partial charge >= 0.3 is 0 Å². The molecule has 98 valence electrons. The van der Waals surface area contributed by atoms with E-state index in [0.717, 1.165) is 6.54 Å². The Hall–Kier alpha value is -0.580. The summed E-state index contributed by atoms with van der Waals surface area (Å²) < 4.78 is 1.74. The summed E-state index contributed by atoms with van der Waals surface area (Å²) in [5.41, 5.74) is -0.323. The van der Waals surface area contributed by atoms with E-state index in [1.165, 1.54) is 0 Å². The van der Waals surface area contributed by atoms with Gasteiger partial charge in [0, 0.05) is 13.1 Å². The van der Waals surface area contributed by atoms with Crippen LogP contribution in [-0.2, 0) is 12.1 Å². The number of aromatic nitrogens is 2. The highest BCUT2D eigenvalue weighted by atomic mass is 35.5. The summed E-state index contributed by atoms with van der Waals surface area (Å²) in [6.45, 7) is 10.0. The summed E-state index contributed by atoms with van der Waals surface area (Å²) in [5.74, 6) is 0.553. The monoisotopic (exact) mass is 259 g/mol. The second kappa shape index (κ2) is 5.85. The topological polar surface area (TPSA) is 50.1 Å². The summed E-state index contributed by atoms with van der Waals surface area (Å²) in [7, 11) is 0. The lowest BCUT2D eigenvalue weighted by Crippen LogP contribution is -2.38. The van der Waals surface area contributed by atoms with Crippen molar-refractivity contribution in [1.29, 1.82) is 0 Å². The Morgan fingerprint density at radius 3 is 2.76 bits per heavy atom. The van der Waals surface area contributed by atoms with E-state index < -0.39 is 5.60 Å². The molecule has 0 bridgehead atoms. The molecule has 5 heteroatoms. The standard InChI is InChI=1S/C12H22ClN3O/c1-5-16-11(10(13)7-15-16)12(4,17)8-14-6-9(2)3/h7,9,14,17H,5-6,8H2,1-4H3. The van der Waals surface area contributed by atoms with Gasteiger partial charge in [0.15, 0.2) is 0 Å². The number of halogens is 1. The Kier molecular flexibility index (Phi) is 4.98. The van der Waals surface area contributed by atoms with Gasteiger partial charge in [0.25, 0.3) is 0 Å². The van der Waals surface area contributed by atoms with Gasteiger partial charge in [0.1, 0.15) is 5.60 Å². The Bertz CT molecular complexity index is 361. The highest BCUT2D eigenvalue weighted by Crippen LogP contribution is 2.27. The SMILES string of the molecule is CCn1ncc(Cl)c1C(C)(O)CNCC(C)C. The minimum atomic E-state index is -1.00. The number of nitrogens with zero attached hydrogens (tertiary/aromatic N) is 2. The maximum atomic E-state index is 10.5. The van der Waals surface area contributed by atoms with Gasteiger partial charge in [-0.3, -0.25) is 4.68 Å². The first-order chi connectivity index (χ1) is 7.88. The van der Waals surface area contributed by atoms with Crippen molar-refractivity contribution in [2.24, 2.45) is 5.92 Å². The van der Waals surface area contributed by atoms with Crippen LogP contribution >= 0.6 is 11.6 Å². The molecule has 0 amide bonds. The van der Waals surface area contributed by atoms with Crippen LogP contribution in [0.25, 0.3) is 0 Å². The van der Waals surface area contributed by atoms with Crippen molar-refractivity contribution in [1.82, 2.24) is 15.1 Å². The van der Waals surface area contributed by atoms with E-state index in [2.05, 4.69) is 24.3 Å². The van der Waals surface area contributed by atoms with Crippen LogP contribution in [0.4, 0.5) is 0 Å². The van der Waals surface area contributed by atoms with Crippen molar-refractivity contribution in [2.45, 2.75) is 39.8 Å². The third-order valence-electron chi connectivity index (χ3n) is 2.63. The molecule has 2 N–H and O–H groups in total. The van der Waals surface area contributed by atoms with Gasteiger partial charge < -0.3 is 10.4 Å². The summed E-state index contributed by atoms with van der Waals surface area (Å²) in [6.07, 6.45) is 1.58. The van der Waals surface area contributed by atoms with Crippen LogP contribution in [0.5, 0.6) is 0 Å². The number of aliphatic hydroxyl groups is 1. The fourth-order valence-electron chi connectivity index (χ4n) is 1.83. The van der Waals surface area contributed by atoms with Crippen LogP contribution in [0.2, 0.25) is 5.02 Å². The average Bonchev–Trinajstić information content (AvgIpc) is 2.59. The number of hydrogen-bond acceptors (Lipinski definition) is 3. The molecule has 0 aromatic carbocycles. The molecular weight excluding hydrogens is 238 g/mol. The normalized spacial score (nSPS) is 15.2.